The summed E-state index contributed by atoms with van der Waals surface area (Å²) in [6, 6.07) is 6.47. The van der Waals surface area contributed by atoms with Crippen LogP contribution in [0.1, 0.15) is 48.9 Å². The molecule has 0 saturated heterocycles. The van der Waals surface area contributed by atoms with Crippen LogP contribution < -0.4 is 15.2 Å². The highest BCUT2D eigenvalue weighted by atomic mass is 16.5. The molecule has 28 heavy (non-hydrogen) atoms. The SMILES string of the molecule is COc1cc2c3c(c4ncc(C(C)N)cc4c2cc1OC)CC1CCCC1C3. The van der Waals surface area contributed by atoms with Crippen LogP contribution in [0.2, 0.25) is 0 Å². The van der Waals surface area contributed by atoms with Crippen LogP contribution in [0.5, 0.6) is 11.5 Å². The summed E-state index contributed by atoms with van der Waals surface area (Å²) >= 11 is 0. The maximum Gasteiger partial charge on any atom is 0.161 e. The average Bonchev–Trinajstić information content (AvgIpc) is 3.18. The van der Waals surface area contributed by atoms with Crippen molar-refractivity contribution in [2.24, 2.45) is 17.6 Å². The Bertz CT molecular complexity index is 1070. The van der Waals surface area contributed by atoms with Gasteiger partial charge in [0.05, 0.1) is 19.7 Å². The van der Waals surface area contributed by atoms with Gasteiger partial charge in [-0.05, 0) is 90.1 Å². The molecule has 4 heteroatoms. The van der Waals surface area contributed by atoms with Crippen LogP contribution in [0.4, 0.5) is 0 Å². The lowest BCUT2D eigenvalue weighted by Gasteiger charge is -2.30. The third-order valence-corrected chi connectivity index (χ3v) is 6.97. The zero-order valence-corrected chi connectivity index (χ0v) is 16.9. The third kappa shape index (κ3) is 2.58. The minimum absolute atomic E-state index is 0.0395. The first-order chi connectivity index (χ1) is 13.6. The molecule has 0 radical (unpaired) electrons. The van der Waals surface area contributed by atoms with Gasteiger partial charge in [0, 0.05) is 17.6 Å². The number of fused-ring (bicyclic) bond motifs is 7. The Kier molecular flexibility index (Phi) is 4.20. The lowest BCUT2D eigenvalue weighted by atomic mass is 9.75. The summed E-state index contributed by atoms with van der Waals surface area (Å²) in [5.74, 6) is 3.17. The summed E-state index contributed by atoms with van der Waals surface area (Å²) in [4.78, 5) is 4.93. The molecule has 2 aromatic carbocycles. The Balaban J connectivity index is 1.88. The van der Waals surface area contributed by atoms with Crippen molar-refractivity contribution < 1.29 is 9.47 Å². The lowest BCUT2D eigenvalue weighted by Crippen LogP contribution is -2.21. The number of pyridine rings is 1. The van der Waals surface area contributed by atoms with Crippen molar-refractivity contribution in [3.8, 4) is 11.5 Å². The molecule has 3 aromatic rings. The first-order valence-corrected chi connectivity index (χ1v) is 10.4. The molecule has 1 fully saturated rings. The Labute approximate surface area is 166 Å². The summed E-state index contributed by atoms with van der Waals surface area (Å²) in [6.45, 7) is 2.01. The average molecular weight is 377 g/mol. The number of ether oxygens (including phenoxy) is 2. The molecule has 0 bridgehead atoms. The summed E-state index contributed by atoms with van der Waals surface area (Å²) in [7, 11) is 3.40. The van der Waals surface area contributed by atoms with Gasteiger partial charge in [-0.25, -0.2) is 0 Å². The number of hydrogen-bond acceptors (Lipinski definition) is 4. The van der Waals surface area contributed by atoms with E-state index in [0.29, 0.717) is 0 Å². The standard InChI is InChI=1S/C24H28N2O2/c1-13(25)16-9-21-19-11-23(28-3)22(27-2)10-18(19)17-7-14-5-4-6-15(14)8-20(17)24(21)26-12-16/h9-15H,4-8,25H2,1-3H3. The highest BCUT2D eigenvalue weighted by Crippen LogP contribution is 2.47. The summed E-state index contributed by atoms with van der Waals surface area (Å²) in [5, 5.41) is 3.66. The molecule has 1 saturated carbocycles. The van der Waals surface area contributed by atoms with Gasteiger partial charge in [-0.15, -0.1) is 0 Å². The fourth-order valence-electron chi connectivity index (χ4n) is 5.46. The van der Waals surface area contributed by atoms with Gasteiger partial charge in [-0.3, -0.25) is 4.98 Å². The van der Waals surface area contributed by atoms with E-state index in [4.69, 9.17) is 20.2 Å². The number of aromatic nitrogens is 1. The maximum atomic E-state index is 6.17. The van der Waals surface area contributed by atoms with Crippen molar-refractivity contribution in [3.05, 3.63) is 41.1 Å². The van der Waals surface area contributed by atoms with Crippen molar-refractivity contribution >= 4 is 21.7 Å². The molecule has 2 aliphatic carbocycles. The van der Waals surface area contributed by atoms with Crippen molar-refractivity contribution in [1.29, 1.82) is 0 Å². The first-order valence-electron chi connectivity index (χ1n) is 10.4. The fourth-order valence-corrected chi connectivity index (χ4v) is 5.46. The van der Waals surface area contributed by atoms with Crippen molar-refractivity contribution in [2.75, 3.05) is 14.2 Å². The van der Waals surface area contributed by atoms with Gasteiger partial charge in [0.25, 0.3) is 0 Å². The second-order valence-corrected chi connectivity index (χ2v) is 8.52. The van der Waals surface area contributed by atoms with Gasteiger partial charge in [-0.2, -0.15) is 0 Å². The smallest absolute Gasteiger partial charge is 0.161 e. The highest BCUT2D eigenvalue weighted by molar-refractivity contribution is 6.10. The van der Waals surface area contributed by atoms with E-state index in [1.165, 1.54) is 46.5 Å². The van der Waals surface area contributed by atoms with Crippen LogP contribution in [0, 0.1) is 11.8 Å². The monoisotopic (exact) mass is 376 g/mol. The van der Waals surface area contributed by atoms with E-state index in [9.17, 15) is 0 Å². The first kappa shape index (κ1) is 17.7. The van der Waals surface area contributed by atoms with Crippen LogP contribution >= 0.6 is 0 Å². The number of benzene rings is 2. The molecule has 0 amide bonds. The molecule has 0 spiro atoms. The Morgan fingerprint density at radius 1 is 0.929 bits per heavy atom. The molecule has 2 aliphatic rings. The lowest BCUT2D eigenvalue weighted by molar-refractivity contribution is 0.355. The highest BCUT2D eigenvalue weighted by Gasteiger charge is 2.34. The number of nitrogens with zero attached hydrogens (tertiary/aromatic N) is 1. The summed E-state index contributed by atoms with van der Waals surface area (Å²) in [5.41, 5.74) is 11.3. The Morgan fingerprint density at radius 3 is 2.21 bits per heavy atom. The van der Waals surface area contributed by atoms with Crippen LogP contribution in [0.15, 0.2) is 24.4 Å². The van der Waals surface area contributed by atoms with Gasteiger partial charge in [0.15, 0.2) is 11.5 Å². The zero-order chi connectivity index (χ0) is 19.4. The Hall–Kier alpha value is -2.33. The number of rotatable bonds is 3. The molecule has 1 aromatic heterocycles. The van der Waals surface area contributed by atoms with Crippen LogP contribution in [0.3, 0.4) is 0 Å². The third-order valence-electron chi connectivity index (χ3n) is 6.97. The molecule has 1 heterocycles. The van der Waals surface area contributed by atoms with Gasteiger partial charge in [0.1, 0.15) is 0 Å². The van der Waals surface area contributed by atoms with E-state index in [-0.39, 0.29) is 6.04 Å². The van der Waals surface area contributed by atoms with Crippen molar-refractivity contribution in [1.82, 2.24) is 4.98 Å². The van der Waals surface area contributed by atoms with E-state index in [1.807, 2.05) is 13.1 Å². The number of methoxy groups -OCH3 is 2. The fraction of sp³-hybridized carbons (Fsp3) is 0.458. The van der Waals surface area contributed by atoms with Crippen molar-refractivity contribution in [2.45, 2.75) is 45.1 Å². The molecular weight excluding hydrogens is 348 g/mol. The molecule has 3 atom stereocenters. The normalized spacial score (nSPS) is 22.1. The minimum Gasteiger partial charge on any atom is -0.493 e. The van der Waals surface area contributed by atoms with Gasteiger partial charge >= 0.3 is 0 Å². The molecule has 5 rings (SSSR count). The van der Waals surface area contributed by atoms with E-state index in [1.54, 1.807) is 14.2 Å². The second kappa shape index (κ2) is 6.63. The number of nitrogens with two attached hydrogens (primary N) is 1. The van der Waals surface area contributed by atoms with E-state index < -0.39 is 0 Å². The molecule has 4 nitrogen and oxygen atoms in total. The maximum absolute atomic E-state index is 6.17. The van der Waals surface area contributed by atoms with E-state index in [2.05, 4.69) is 18.2 Å². The minimum atomic E-state index is -0.0395. The van der Waals surface area contributed by atoms with Crippen LogP contribution in [-0.2, 0) is 12.8 Å². The molecule has 146 valence electrons. The summed E-state index contributed by atoms with van der Waals surface area (Å²) < 4.78 is 11.2. The Morgan fingerprint density at radius 2 is 1.57 bits per heavy atom. The summed E-state index contributed by atoms with van der Waals surface area (Å²) in [6.07, 6.45) is 8.32. The van der Waals surface area contributed by atoms with Gasteiger partial charge in [0.2, 0.25) is 0 Å². The molecule has 0 aliphatic heterocycles. The molecule has 2 N–H and O–H groups in total. The van der Waals surface area contributed by atoms with Gasteiger partial charge < -0.3 is 15.2 Å². The predicted molar refractivity (Wildman–Crippen MR) is 113 cm³/mol. The topological polar surface area (TPSA) is 57.4 Å². The zero-order valence-electron chi connectivity index (χ0n) is 16.9. The van der Waals surface area contributed by atoms with E-state index in [0.717, 1.165) is 47.3 Å². The van der Waals surface area contributed by atoms with E-state index >= 15 is 0 Å². The number of hydrogen-bond donors (Lipinski definition) is 1. The predicted octanol–water partition coefficient (Wildman–Crippen LogP) is 4.94. The largest absolute Gasteiger partial charge is 0.493 e. The quantitative estimate of drug-likeness (QED) is 0.658. The second-order valence-electron chi connectivity index (χ2n) is 8.52. The molecular formula is C24H28N2O2. The van der Waals surface area contributed by atoms with Crippen LogP contribution in [0.25, 0.3) is 21.7 Å². The van der Waals surface area contributed by atoms with Crippen LogP contribution in [-0.4, -0.2) is 19.2 Å². The van der Waals surface area contributed by atoms with Gasteiger partial charge in [-0.1, -0.05) is 6.42 Å². The van der Waals surface area contributed by atoms with Crippen molar-refractivity contribution in [3.63, 3.8) is 0 Å². The molecule has 3 unspecified atom stereocenters.